The van der Waals surface area contributed by atoms with Crippen molar-refractivity contribution in [2.45, 2.75) is 44.6 Å². The Hall–Kier alpha value is -0.680. The first-order valence-corrected chi connectivity index (χ1v) is 7.64. The fraction of sp³-hybridized carbons (Fsp3) is 0.857. The van der Waals surface area contributed by atoms with Crippen molar-refractivity contribution in [3.8, 4) is 0 Å². The summed E-state index contributed by atoms with van der Waals surface area (Å²) in [7, 11) is 4.21. The van der Waals surface area contributed by atoms with Crippen molar-refractivity contribution < 1.29 is 4.79 Å². The molecule has 0 aromatic heterocycles. The van der Waals surface area contributed by atoms with Crippen LogP contribution in [0.4, 0.5) is 0 Å². The Balaban J connectivity index is 2.02. The average Bonchev–Trinajstić information content (AvgIpc) is 2.88. The molecule has 0 aromatic carbocycles. The summed E-state index contributed by atoms with van der Waals surface area (Å²) in [4.78, 5) is 17.4. The molecule has 0 bridgehead atoms. The van der Waals surface area contributed by atoms with Gasteiger partial charge in [0.2, 0.25) is 5.91 Å². The number of hydrogen-bond donors (Lipinski definition) is 1. The van der Waals surface area contributed by atoms with E-state index >= 15 is 0 Å². The third kappa shape index (κ3) is 2.77. The van der Waals surface area contributed by atoms with Gasteiger partial charge in [0, 0.05) is 19.1 Å². The molecule has 19 heavy (non-hydrogen) atoms. The smallest absolute Gasteiger partial charge is 0.235 e. The highest BCUT2D eigenvalue weighted by atomic mass is 32.1. The largest absolute Gasteiger partial charge is 0.392 e. The summed E-state index contributed by atoms with van der Waals surface area (Å²) in [5.74, 6) is 0.190. The van der Waals surface area contributed by atoms with Crippen LogP contribution in [0, 0.1) is 5.41 Å². The number of rotatable bonds is 3. The molecule has 2 aliphatic rings. The van der Waals surface area contributed by atoms with E-state index in [-0.39, 0.29) is 5.91 Å². The van der Waals surface area contributed by atoms with Crippen molar-refractivity contribution in [1.82, 2.24) is 9.80 Å². The molecule has 2 rings (SSSR count). The van der Waals surface area contributed by atoms with E-state index in [9.17, 15) is 4.79 Å². The standard InChI is InChI=1S/C14H25N3OS/c1-16(2)11-5-9-17(10-6-11)13(18)14(12(15)19)7-3-4-8-14/h11H,3-10H2,1-2H3,(H2,15,19). The maximum absolute atomic E-state index is 12.8. The average molecular weight is 283 g/mol. The minimum Gasteiger partial charge on any atom is -0.392 e. The molecule has 0 aromatic rings. The molecule has 108 valence electrons. The molecule has 0 radical (unpaired) electrons. The molecule has 0 unspecified atom stereocenters. The van der Waals surface area contributed by atoms with Crippen LogP contribution < -0.4 is 5.73 Å². The van der Waals surface area contributed by atoms with Crippen LogP contribution in [0.5, 0.6) is 0 Å². The zero-order valence-electron chi connectivity index (χ0n) is 12.0. The lowest BCUT2D eigenvalue weighted by Gasteiger charge is -2.39. The number of nitrogens with two attached hydrogens (primary N) is 1. The van der Waals surface area contributed by atoms with Gasteiger partial charge in [-0.3, -0.25) is 4.79 Å². The van der Waals surface area contributed by atoms with Crippen molar-refractivity contribution >= 4 is 23.1 Å². The molecule has 1 heterocycles. The number of carbonyl (C=O) groups is 1. The topological polar surface area (TPSA) is 49.6 Å². The van der Waals surface area contributed by atoms with Gasteiger partial charge in [0.25, 0.3) is 0 Å². The first kappa shape index (κ1) is 14.7. The molecule has 4 nitrogen and oxygen atoms in total. The van der Waals surface area contributed by atoms with Crippen LogP contribution in [0.1, 0.15) is 38.5 Å². The molecule has 2 N–H and O–H groups in total. The van der Waals surface area contributed by atoms with Gasteiger partial charge in [-0.2, -0.15) is 0 Å². The zero-order chi connectivity index (χ0) is 14.0. The third-order valence-corrected chi connectivity index (χ3v) is 5.21. The second-order valence-corrected chi connectivity index (χ2v) is 6.58. The van der Waals surface area contributed by atoms with Crippen molar-refractivity contribution in [1.29, 1.82) is 0 Å². The van der Waals surface area contributed by atoms with E-state index in [1.165, 1.54) is 0 Å². The molecule has 1 aliphatic heterocycles. The number of thiocarbonyl (C=S) groups is 1. The number of nitrogens with zero attached hydrogens (tertiary/aromatic N) is 2. The highest BCUT2D eigenvalue weighted by Gasteiger charge is 2.46. The first-order chi connectivity index (χ1) is 8.97. The molecule has 2 fully saturated rings. The summed E-state index contributed by atoms with van der Waals surface area (Å²) in [5, 5.41) is 0. The normalized spacial score (nSPS) is 23.8. The van der Waals surface area contributed by atoms with Crippen molar-refractivity contribution in [2.75, 3.05) is 27.2 Å². The molecular formula is C14H25N3OS. The number of piperidine rings is 1. The summed E-state index contributed by atoms with van der Waals surface area (Å²) in [6, 6.07) is 0.591. The van der Waals surface area contributed by atoms with Crippen LogP contribution in [0.3, 0.4) is 0 Å². The van der Waals surface area contributed by atoms with Crippen LogP contribution in [-0.2, 0) is 4.79 Å². The van der Waals surface area contributed by atoms with Gasteiger partial charge in [-0.15, -0.1) is 0 Å². The predicted octanol–water partition coefficient (Wildman–Crippen LogP) is 1.39. The van der Waals surface area contributed by atoms with Crippen LogP contribution in [0.15, 0.2) is 0 Å². The van der Waals surface area contributed by atoms with Crippen LogP contribution in [-0.4, -0.2) is 53.9 Å². The maximum atomic E-state index is 12.8. The van der Waals surface area contributed by atoms with Gasteiger partial charge in [0.15, 0.2) is 0 Å². The number of carbonyl (C=O) groups excluding carboxylic acids is 1. The van der Waals surface area contributed by atoms with Gasteiger partial charge >= 0.3 is 0 Å². The fourth-order valence-electron chi connectivity index (χ4n) is 3.43. The Morgan fingerprint density at radius 1 is 1.26 bits per heavy atom. The van der Waals surface area contributed by atoms with Gasteiger partial charge in [-0.05, 0) is 39.8 Å². The highest BCUT2D eigenvalue weighted by Crippen LogP contribution is 2.40. The Labute approximate surface area is 121 Å². The first-order valence-electron chi connectivity index (χ1n) is 7.23. The second kappa shape index (κ2) is 5.75. The predicted molar refractivity (Wildman–Crippen MR) is 81.0 cm³/mol. The summed E-state index contributed by atoms with van der Waals surface area (Å²) in [6.45, 7) is 1.68. The van der Waals surface area contributed by atoms with Crippen molar-refractivity contribution in [3.05, 3.63) is 0 Å². The van der Waals surface area contributed by atoms with E-state index in [0.717, 1.165) is 51.6 Å². The number of amides is 1. The second-order valence-electron chi connectivity index (χ2n) is 6.14. The van der Waals surface area contributed by atoms with E-state index < -0.39 is 5.41 Å². The molecule has 1 saturated heterocycles. The monoisotopic (exact) mass is 283 g/mol. The molecule has 0 atom stereocenters. The van der Waals surface area contributed by atoms with E-state index in [1.807, 2.05) is 4.90 Å². The lowest BCUT2D eigenvalue weighted by molar-refractivity contribution is -0.139. The Bertz CT molecular complexity index is 356. The number of likely N-dealkylation sites (tertiary alicyclic amines) is 1. The van der Waals surface area contributed by atoms with Gasteiger partial charge in [-0.25, -0.2) is 0 Å². The Kier molecular flexibility index (Phi) is 4.46. The summed E-state index contributed by atoms with van der Waals surface area (Å²) in [6.07, 6.45) is 5.91. The van der Waals surface area contributed by atoms with E-state index in [4.69, 9.17) is 18.0 Å². The van der Waals surface area contributed by atoms with Gasteiger partial charge < -0.3 is 15.5 Å². The third-order valence-electron chi connectivity index (χ3n) is 4.82. The summed E-state index contributed by atoms with van der Waals surface area (Å²) in [5.41, 5.74) is 5.36. The lowest BCUT2D eigenvalue weighted by Crippen LogP contribution is -2.53. The highest BCUT2D eigenvalue weighted by molar-refractivity contribution is 7.80. The molecular weight excluding hydrogens is 258 g/mol. The van der Waals surface area contributed by atoms with Crippen molar-refractivity contribution in [2.24, 2.45) is 11.1 Å². The lowest BCUT2D eigenvalue weighted by atomic mass is 9.83. The van der Waals surface area contributed by atoms with Crippen LogP contribution in [0.2, 0.25) is 0 Å². The molecule has 5 heteroatoms. The maximum Gasteiger partial charge on any atom is 0.235 e. The van der Waals surface area contributed by atoms with Crippen molar-refractivity contribution in [3.63, 3.8) is 0 Å². The van der Waals surface area contributed by atoms with Gasteiger partial charge in [0.05, 0.1) is 10.4 Å². The summed E-state index contributed by atoms with van der Waals surface area (Å²) >= 11 is 5.20. The van der Waals surface area contributed by atoms with Crippen LogP contribution >= 0.6 is 12.2 Å². The molecule has 1 amide bonds. The fourth-order valence-corrected chi connectivity index (χ4v) is 3.72. The van der Waals surface area contributed by atoms with Gasteiger partial charge in [0.1, 0.15) is 0 Å². The molecule has 1 aliphatic carbocycles. The molecule has 0 spiro atoms. The Morgan fingerprint density at radius 2 is 1.79 bits per heavy atom. The van der Waals surface area contributed by atoms with E-state index in [2.05, 4.69) is 19.0 Å². The number of hydrogen-bond acceptors (Lipinski definition) is 3. The van der Waals surface area contributed by atoms with E-state index in [0.29, 0.717) is 11.0 Å². The summed E-state index contributed by atoms with van der Waals surface area (Å²) < 4.78 is 0. The minimum absolute atomic E-state index is 0.190. The zero-order valence-corrected chi connectivity index (χ0v) is 12.8. The Morgan fingerprint density at radius 3 is 2.21 bits per heavy atom. The SMILES string of the molecule is CN(C)C1CCN(C(=O)C2(C(N)=S)CCCC2)CC1. The van der Waals surface area contributed by atoms with Gasteiger partial charge in [-0.1, -0.05) is 25.1 Å². The van der Waals surface area contributed by atoms with Crippen LogP contribution in [0.25, 0.3) is 0 Å². The van der Waals surface area contributed by atoms with E-state index in [1.54, 1.807) is 0 Å². The minimum atomic E-state index is -0.527. The molecule has 1 saturated carbocycles. The quantitative estimate of drug-likeness (QED) is 0.795.